The van der Waals surface area contributed by atoms with Gasteiger partial charge in [0.05, 0.1) is 6.10 Å². The minimum Gasteiger partial charge on any atom is -0.380 e. The Morgan fingerprint density at radius 2 is 2.20 bits per heavy atom. The Kier molecular flexibility index (Phi) is 3.92. The highest BCUT2D eigenvalue weighted by Gasteiger charge is 2.49. The van der Waals surface area contributed by atoms with Crippen molar-refractivity contribution in [2.24, 2.45) is 0 Å². The van der Waals surface area contributed by atoms with E-state index in [1.165, 1.54) is 7.11 Å². The van der Waals surface area contributed by atoms with Gasteiger partial charge in [-0.3, -0.25) is 0 Å². The van der Waals surface area contributed by atoms with Crippen LogP contribution in [0.2, 0.25) is 0 Å². The van der Waals surface area contributed by atoms with Gasteiger partial charge in [-0.1, -0.05) is 0 Å². The third-order valence-electron chi connectivity index (χ3n) is 2.42. The molecule has 1 rings (SSSR count). The highest BCUT2D eigenvalue weighted by Crippen LogP contribution is 2.26. The van der Waals surface area contributed by atoms with E-state index in [-0.39, 0.29) is 19.2 Å². The molecule has 0 aliphatic carbocycles. The molecule has 1 heterocycles. The number of methoxy groups -OCH3 is 1. The van der Waals surface area contributed by atoms with Crippen molar-refractivity contribution >= 4 is 5.97 Å². The Morgan fingerprint density at radius 3 is 2.73 bits per heavy atom. The molecule has 4 nitrogen and oxygen atoms in total. The molecule has 0 N–H and O–H groups in total. The van der Waals surface area contributed by atoms with Crippen LogP contribution in [0.3, 0.4) is 0 Å². The zero-order valence-electron chi connectivity index (χ0n) is 8.21. The van der Waals surface area contributed by atoms with Crippen molar-refractivity contribution in [3.8, 4) is 0 Å². The minimum absolute atomic E-state index is 0.0158. The lowest BCUT2D eigenvalue weighted by Crippen LogP contribution is -2.53. The number of halogens is 3. The topological polar surface area (TPSA) is 38.8 Å². The monoisotopic (exact) mass is 227 g/mol. The summed E-state index contributed by atoms with van der Waals surface area (Å²) in [5, 5.41) is 0. The predicted octanol–water partition coefficient (Wildman–Crippen LogP) is 1.12. The van der Waals surface area contributed by atoms with Gasteiger partial charge in [-0.2, -0.15) is 8.78 Å². The number of rotatable bonds is 3. The summed E-state index contributed by atoms with van der Waals surface area (Å²) in [4.78, 5) is 13.6. The minimum atomic E-state index is -3.92. The molecule has 0 bridgehead atoms. The molecule has 88 valence electrons. The van der Waals surface area contributed by atoms with Crippen LogP contribution in [0.1, 0.15) is 12.8 Å². The Bertz CT molecular complexity index is 237. The highest BCUT2D eigenvalue weighted by atomic mass is 19.3. The van der Waals surface area contributed by atoms with Crippen molar-refractivity contribution < 1.29 is 27.8 Å². The Labute approximate surface area is 84.8 Å². The smallest absolute Gasteiger partial charge is 0.380 e. The van der Waals surface area contributed by atoms with E-state index in [0.29, 0.717) is 17.7 Å². The number of ether oxygens (including phenoxy) is 1. The van der Waals surface area contributed by atoms with E-state index in [9.17, 15) is 18.1 Å². The number of piperidine rings is 1. The standard InChI is InChI=1S/C8H12F3NO3/c1-14-6-3-2-4-12(5-6)8(9,10)7(13)15-11/h6H,2-5H2,1H3/t6-/m1/s1. The average molecular weight is 227 g/mol. The molecule has 1 fully saturated rings. The molecular formula is C8H12F3NO3. The van der Waals surface area contributed by atoms with Crippen LogP contribution in [0.4, 0.5) is 13.3 Å². The van der Waals surface area contributed by atoms with Crippen LogP contribution >= 0.6 is 0 Å². The van der Waals surface area contributed by atoms with Crippen molar-refractivity contribution in [3.63, 3.8) is 0 Å². The third-order valence-corrected chi connectivity index (χ3v) is 2.42. The van der Waals surface area contributed by atoms with Crippen LogP contribution in [-0.4, -0.2) is 43.2 Å². The number of carbonyl (C=O) groups excluding carboxylic acids is 1. The summed E-state index contributed by atoms with van der Waals surface area (Å²) >= 11 is 0. The third kappa shape index (κ3) is 2.60. The van der Waals surface area contributed by atoms with Gasteiger partial charge in [0.1, 0.15) is 0 Å². The zero-order valence-corrected chi connectivity index (χ0v) is 8.21. The molecule has 7 heteroatoms. The molecule has 0 amide bonds. The number of hydrogen-bond acceptors (Lipinski definition) is 4. The lowest BCUT2D eigenvalue weighted by molar-refractivity contribution is -0.241. The lowest BCUT2D eigenvalue weighted by Gasteiger charge is -2.34. The van der Waals surface area contributed by atoms with Gasteiger partial charge >= 0.3 is 12.0 Å². The lowest BCUT2D eigenvalue weighted by atomic mass is 10.1. The first kappa shape index (κ1) is 12.3. The van der Waals surface area contributed by atoms with Gasteiger partial charge in [-0.05, 0) is 12.8 Å². The van der Waals surface area contributed by atoms with Gasteiger partial charge in [0.25, 0.3) is 0 Å². The van der Waals surface area contributed by atoms with Crippen molar-refractivity contribution in [3.05, 3.63) is 0 Å². The SMILES string of the molecule is CO[C@@H]1CCCN(C(F)(F)C(=O)OF)C1. The van der Waals surface area contributed by atoms with E-state index in [2.05, 4.69) is 4.94 Å². The first-order valence-corrected chi connectivity index (χ1v) is 4.51. The molecule has 0 aromatic heterocycles. The number of likely N-dealkylation sites (tertiary alicyclic amines) is 1. The molecule has 1 aliphatic heterocycles. The zero-order chi connectivity index (χ0) is 11.5. The maximum Gasteiger partial charge on any atom is 0.434 e. The molecule has 0 saturated carbocycles. The second-order valence-electron chi connectivity index (χ2n) is 3.35. The summed E-state index contributed by atoms with van der Waals surface area (Å²) < 4.78 is 42.7. The van der Waals surface area contributed by atoms with Crippen LogP contribution in [0.15, 0.2) is 0 Å². The van der Waals surface area contributed by atoms with E-state index in [1.54, 1.807) is 0 Å². The van der Waals surface area contributed by atoms with Gasteiger partial charge in [0.2, 0.25) is 0 Å². The molecule has 0 aromatic carbocycles. The van der Waals surface area contributed by atoms with Crippen molar-refractivity contribution in [1.29, 1.82) is 0 Å². The summed E-state index contributed by atoms with van der Waals surface area (Å²) in [7, 11) is 1.40. The molecule has 1 aliphatic rings. The average Bonchev–Trinajstić information content (AvgIpc) is 2.27. The van der Waals surface area contributed by atoms with E-state index in [1.807, 2.05) is 0 Å². The molecule has 1 saturated heterocycles. The summed E-state index contributed by atoms with van der Waals surface area (Å²) in [6, 6.07) is -3.92. The fraction of sp³-hybridized carbons (Fsp3) is 0.875. The van der Waals surface area contributed by atoms with Crippen LogP contribution < -0.4 is 0 Å². The molecule has 0 unspecified atom stereocenters. The number of hydrogen-bond donors (Lipinski definition) is 0. The van der Waals surface area contributed by atoms with Crippen molar-refractivity contribution in [1.82, 2.24) is 4.90 Å². The molecule has 0 spiro atoms. The number of carbonyl (C=O) groups is 1. The molecule has 1 atom stereocenters. The Balaban J connectivity index is 2.65. The van der Waals surface area contributed by atoms with Crippen molar-refractivity contribution in [2.75, 3.05) is 20.2 Å². The maximum atomic E-state index is 13.2. The summed E-state index contributed by atoms with van der Waals surface area (Å²) in [5.41, 5.74) is 0. The fourth-order valence-electron chi connectivity index (χ4n) is 1.56. The second kappa shape index (κ2) is 4.80. The van der Waals surface area contributed by atoms with Crippen LogP contribution in [0.25, 0.3) is 0 Å². The fourth-order valence-corrected chi connectivity index (χ4v) is 1.56. The van der Waals surface area contributed by atoms with E-state index < -0.39 is 12.0 Å². The van der Waals surface area contributed by atoms with Gasteiger partial charge in [0.15, 0.2) is 0 Å². The molecular weight excluding hydrogens is 215 g/mol. The van der Waals surface area contributed by atoms with E-state index in [0.717, 1.165) is 0 Å². The Hall–Kier alpha value is -0.820. The quantitative estimate of drug-likeness (QED) is 0.677. The van der Waals surface area contributed by atoms with Crippen LogP contribution in [0, 0.1) is 0 Å². The summed E-state index contributed by atoms with van der Waals surface area (Å²) in [6.07, 6.45) is 0.749. The van der Waals surface area contributed by atoms with E-state index in [4.69, 9.17) is 4.74 Å². The highest BCUT2D eigenvalue weighted by molar-refractivity contribution is 5.76. The van der Waals surface area contributed by atoms with Gasteiger partial charge in [-0.25, -0.2) is 14.6 Å². The molecule has 0 aromatic rings. The van der Waals surface area contributed by atoms with Crippen LogP contribution in [0.5, 0.6) is 0 Å². The first-order chi connectivity index (χ1) is 7.02. The number of nitrogens with zero attached hydrogens (tertiary/aromatic N) is 1. The second-order valence-corrected chi connectivity index (χ2v) is 3.35. The van der Waals surface area contributed by atoms with Gasteiger partial charge < -0.3 is 4.74 Å². The van der Waals surface area contributed by atoms with E-state index >= 15 is 0 Å². The van der Waals surface area contributed by atoms with Crippen LogP contribution in [-0.2, 0) is 14.5 Å². The largest absolute Gasteiger partial charge is 0.434 e. The predicted molar refractivity (Wildman–Crippen MR) is 43.8 cm³/mol. The van der Waals surface area contributed by atoms with Gasteiger partial charge in [0, 0.05) is 24.7 Å². The number of alkyl halides is 2. The van der Waals surface area contributed by atoms with Crippen molar-refractivity contribution in [2.45, 2.75) is 25.0 Å². The summed E-state index contributed by atoms with van der Waals surface area (Å²) in [6.45, 7) is -0.0967. The Morgan fingerprint density at radius 1 is 1.53 bits per heavy atom. The molecule has 15 heavy (non-hydrogen) atoms. The summed E-state index contributed by atoms with van der Waals surface area (Å²) in [5.74, 6) is -2.18. The molecule has 0 radical (unpaired) electrons. The first-order valence-electron chi connectivity index (χ1n) is 4.51. The normalized spacial score (nSPS) is 23.9. The van der Waals surface area contributed by atoms with Gasteiger partial charge in [-0.15, -0.1) is 0 Å². The maximum absolute atomic E-state index is 13.2.